The zero-order valence-electron chi connectivity index (χ0n) is 27.0. The molecule has 216 valence electrons. The fourth-order valence-electron chi connectivity index (χ4n) is 3.81. The smallest absolute Gasteiger partial charge is 0.0326 e. The molecule has 0 saturated heterocycles. The Morgan fingerprint density at radius 1 is 0.457 bits per heavy atom. The summed E-state index contributed by atoms with van der Waals surface area (Å²) in [7, 11) is 0. The normalized spacial score (nSPS) is 9.43. The van der Waals surface area contributed by atoms with Crippen molar-refractivity contribution >= 4 is 0 Å². The molecule has 0 spiro atoms. The lowest BCUT2D eigenvalue weighted by molar-refractivity contribution is 0.372. The molecule has 0 atom stereocenters. The van der Waals surface area contributed by atoms with Crippen molar-refractivity contribution in [3.63, 3.8) is 0 Å². The van der Waals surface area contributed by atoms with E-state index in [1.807, 2.05) is 13.8 Å². The van der Waals surface area contributed by atoms with Crippen molar-refractivity contribution in [3.8, 4) is 0 Å². The third-order valence-electron chi connectivity index (χ3n) is 6.06. The standard InChI is InChI=1S/C16H34.C8H18.C7H14.C2H6.C2H4/c1-4-7-10-13-16(14-11-8-5-2)15-12-9-6-3;1-3-5-7-8-6-4-2;1-4-5-6-7(2)3;2*1-2/h16H,4-15H2,1-3H3;3-8H2,1-2H3;2,4-6H2,1,3H3;1-2H3;1-2H2. The molecule has 0 nitrogen and oxygen atoms in total. The van der Waals surface area contributed by atoms with Gasteiger partial charge in [0.05, 0.1) is 0 Å². The molecule has 35 heavy (non-hydrogen) atoms. The number of rotatable bonds is 20. The van der Waals surface area contributed by atoms with E-state index >= 15 is 0 Å². The quantitative estimate of drug-likeness (QED) is 0.116. The van der Waals surface area contributed by atoms with Gasteiger partial charge in [-0.1, -0.05) is 183 Å². The van der Waals surface area contributed by atoms with Crippen molar-refractivity contribution in [1.29, 1.82) is 0 Å². The Morgan fingerprint density at radius 2 is 0.714 bits per heavy atom. The first kappa shape index (κ1) is 44.5. The molecular formula is C35H76. The van der Waals surface area contributed by atoms with E-state index in [1.54, 1.807) is 0 Å². The first-order valence-electron chi connectivity index (χ1n) is 16.2. The average Bonchev–Trinajstić information content (AvgIpc) is 2.88. The summed E-state index contributed by atoms with van der Waals surface area (Å²) in [6, 6.07) is 0. The fraction of sp³-hybridized carbons (Fsp3) is 0.886. The fourth-order valence-corrected chi connectivity index (χ4v) is 3.81. The van der Waals surface area contributed by atoms with E-state index in [0.717, 1.165) is 5.92 Å². The van der Waals surface area contributed by atoms with E-state index in [4.69, 9.17) is 0 Å². The van der Waals surface area contributed by atoms with E-state index in [9.17, 15) is 0 Å². The summed E-state index contributed by atoms with van der Waals surface area (Å²) >= 11 is 0. The van der Waals surface area contributed by atoms with Crippen LogP contribution in [0.4, 0.5) is 0 Å². The summed E-state index contributed by atoms with van der Waals surface area (Å²) < 4.78 is 0. The molecule has 0 aliphatic rings. The topological polar surface area (TPSA) is 0 Å². The Morgan fingerprint density at radius 3 is 0.914 bits per heavy atom. The van der Waals surface area contributed by atoms with E-state index in [0.29, 0.717) is 0 Å². The van der Waals surface area contributed by atoms with Crippen molar-refractivity contribution < 1.29 is 0 Å². The molecule has 0 aliphatic heterocycles. The van der Waals surface area contributed by atoms with Gasteiger partial charge in [0.15, 0.2) is 0 Å². The molecule has 0 heteroatoms. The van der Waals surface area contributed by atoms with Gasteiger partial charge in [-0.3, -0.25) is 0 Å². The van der Waals surface area contributed by atoms with Crippen LogP contribution in [0.15, 0.2) is 25.3 Å². The minimum atomic E-state index is 1.05. The van der Waals surface area contributed by atoms with E-state index < -0.39 is 0 Å². The molecule has 0 aliphatic carbocycles. The molecule has 0 rings (SSSR count). The second-order valence-electron chi connectivity index (χ2n) is 9.83. The van der Waals surface area contributed by atoms with Crippen LogP contribution in [0.25, 0.3) is 0 Å². The number of unbranched alkanes of at least 4 members (excludes halogenated alkanes) is 12. The molecule has 0 amide bonds. The van der Waals surface area contributed by atoms with Gasteiger partial charge < -0.3 is 0 Å². The van der Waals surface area contributed by atoms with Crippen LogP contribution in [0, 0.1) is 5.92 Å². The summed E-state index contributed by atoms with van der Waals surface area (Å²) in [6.07, 6.45) is 29.6. The van der Waals surface area contributed by atoms with Crippen molar-refractivity contribution in [2.45, 2.75) is 197 Å². The lowest BCUT2D eigenvalue weighted by atomic mass is 9.90. The number of hydrogen-bond acceptors (Lipinski definition) is 0. The molecular weight excluding hydrogens is 420 g/mol. The molecule has 0 N–H and O–H groups in total. The Kier molecular flexibility index (Phi) is 64.0. The number of allylic oxidation sites excluding steroid dienone is 1. The molecule has 0 heterocycles. The molecule has 0 bridgehead atoms. The highest BCUT2D eigenvalue weighted by Gasteiger charge is 2.07. The van der Waals surface area contributed by atoms with Gasteiger partial charge in [-0.15, -0.1) is 19.7 Å². The van der Waals surface area contributed by atoms with Crippen molar-refractivity contribution in [2.24, 2.45) is 5.92 Å². The molecule has 0 unspecified atom stereocenters. The van der Waals surface area contributed by atoms with Crippen LogP contribution in [0.3, 0.4) is 0 Å². The lowest BCUT2D eigenvalue weighted by Gasteiger charge is -2.16. The van der Waals surface area contributed by atoms with Crippen LogP contribution in [0.1, 0.15) is 197 Å². The van der Waals surface area contributed by atoms with Gasteiger partial charge in [0.1, 0.15) is 0 Å². The van der Waals surface area contributed by atoms with Crippen LogP contribution < -0.4 is 0 Å². The predicted molar refractivity (Wildman–Crippen MR) is 172 cm³/mol. The summed E-state index contributed by atoms with van der Waals surface area (Å²) in [5.41, 5.74) is 1.31. The van der Waals surface area contributed by atoms with Crippen LogP contribution in [0.2, 0.25) is 0 Å². The maximum atomic E-state index is 3.79. The summed E-state index contributed by atoms with van der Waals surface area (Å²) in [5, 5.41) is 0. The molecule has 0 saturated carbocycles. The zero-order chi connectivity index (χ0) is 28.0. The highest BCUT2D eigenvalue weighted by Crippen LogP contribution is 2.23. The minimum Gasteiger partial charge on any atom is -0.106 e. The van der Waals surface area contributed by atoms with Gasteiger partial charge in [-0.05, 0) is 25.7 Å². The van der Waals surface area contributed by atoms with Gasteiger partial charge in [0.25, 0.3) is 0 Å². The molecule has 0 radical (unpaired) electrons. The van der Waals surface area contributed by atoms with Crippen molar-refractivity contribution in [2.75, 3.05) is 0 Å². The first-order chi connectivity index (χ1) is 17.0. The van der Waals surface area contributed by atoms with Gasteiger partial charge in [-0.25, -0.2) is 0 Å². The monoisotopic (exact) mass is 497 g/mol. The van der Waals surface area contributed by atoms with Gasteiger partial charge in [0.2, 0.25) is 0 Å². The van der Waals surface area contributed by atoms with Crippen LogP contribution in [0.5, 0.6) is 0 Å². The lowest BCUT2D eigenvalue weighted by Crippen LogP contribution is -2.01. The molecule has 0 fully saturated rings. The van der Waals surface area contributed by atoms with Gasteiger partial charge in [-0.2, -0.15) is 0 Å². The second kappa shape index (κ2) is 50.4. The average molecular weight is 497 g/mol. The summed E-state index contributed by atoms with van der Waals surface area (Å²) in [4.78, 5) is 0. The second-order valence-corrected chi connectivity index (χ2v) is 9.83. The summed E-state index contributed by atoms with van der Waals surface area (Å²) in [6.45, 7) is 29.5. The Bertz CT molecular complexity index is 273. The maximum absolute atomic E-state index is 3.79. The third-order valence-corrected chi connectivity index (χ3v) is 6.06. The van der Waals surface area contributed by atoms with Gasteiger partial charge >= 0.3 is 0 Å². The van der Waals surface area contributed by atoms with Crippen LogP contribution in [-0.4, -0.2) is 0 Å². The Hall–Kier alpha value is -0.520. The van der Waals surface area contributed by atoms with E-state index in [-0.39, 0.29) is 0 Å². The molecule has 0 aromatic heterocycles. The molecule has 0 aromatic rings. The minimum absolute atomic E-state index is 1.05. The van der Waals surface area contributed by atoms with Crippen molar-refractivity contribution in [3.05, 3.63) is 25.3 Å². The third kappa shape index (κ3) is 60.2. The highest BCUT2D eigenvalue weighted by atomic mass is 14.1. The Labute approximate surface area is 228 Å². The van der Waals surface area contributed by atoms with E-state index in [2.05, 4.69) is 68.2 Å². The Balaban J connectivity index is -0.000000132. The maximum Gasteiger partial charge on any atom is -0.0326 e. The predicted octanol–water partition coefficient (Wildman–Crippen LogP) is 14.3. The molecule has 0 aromatic carbocycles. The highest BCUT2D eigenvalue weighted by molar-refractivity contribution is 4.86. The van der Waals surface area contributed by atoms with Crippen molar-refractivity contribution in [1.82, 2.24) is 0 Å². The van der Waals surface area contributed by atoms with Gasteiger partial charge in [0, 0.05) is 0 Å². The first-order valence-corrected chi connectivity index (χ1v) is 16.2. The zero-order valence-corrected chi connectivity index (χ0v) is 27.0. The number of hydrogen-bond donors (Lipinski definition) is 0. The van der Waals surface area contributed by atoms with E-state index in [1.165, 1.54) is 140 Å². The SMILES string of the molecule is C=C.C=C(C)CCCC.CC.CCCCCC(CCCCC)CCCCC.CCCCCCCC. The summed E-state index contributed by atoms with van der Waals surface area (Å²) in [5.74, 6) is 1.05. The van der Waals surface area contributed by atoms with Crippen LogP contribution in [-0.2, 0) is 0 Å². The largest absolute Gasteiger partial charge is 0.106 e. The van der Waals surface area contributed by atoms with Crippen LogP contribution >= 0.6 is 0 Å².